The highest BCUT2D eigenvalue weighted by Crippen LogP contribution is 2.33. The van der Waals surface area contributed by atoms with Crippen LogP contribution in [0.5, 0.6) is 0 Å². The van der Waals surface area contributed by atoms with Gasteiger partial charge in [-0.2, -0.15) is 0 Å². The summed E-state index contributed by atoms with van der Waals surface area (Å²) < 4.78 is 0. The molecule has 3 unspecified atom stereocenters. The molecule has 1 heteroatoms. The van der Waals surface area contributed by atoms with Crippen LogP contribution in [0.4, 0.5) is 0 Å². The van der Waals surface area contributed by atoms with E-state index in [1.807, 2.05) is 0 Å². The van der Waals surface area contributed by atoms with E-state index >= 15 is 0 Å². The Labute approximate surface area is 88.7 Å². The van der Waals surface area contributed by atoms with Crippen LogP contribution in [0.15, 0.2) is 0 Å². The monoisotopic (exact) mass is 195 g/mol. The molecule has 0 bridgehead atoms. The Morgan fingerprint density at radius 3 is 2.50 bits per heavy atom. The van der Waals surface area contributed by atoms with E-state index in [9.17, 15) is 0 Å². The van der Waals surface area contributed by atoms with Gasteiger partial charge in [0.25, 0.3) is 0 Å². The van der Waals surface area contributed by atoms with E-state index in [0.717, 1.165) is 17.9 Å². The minimum Gasteiger partial charge on any atom is -0.314 e. The molecule has 0 spiro atoms. The molecule has 0 aromatic rings. The average Bonchev–Trinajstić information content (AvgIpc) is 2.23. The quantitative estimate of drug-likeness (QED) is 0.712. The van der Waals surface area contributed by atoms with E-state index < -0.39 is 0 Å². The maximum atomic E-state index is 3.69. The topological polar surface area (TPSA) is 12.0 Å². The molecule has 1 saturated heterocycles. The van der Waals surface area contributed by atoms with Gasteiger partial charge < -0.3 is 5.32 Å². The molecule has 0 aromatic carbocycles. The van der Waals surface area contributed by atoms with E-state index in [4.69, 9.17) is 0 Å². The highest BCUT2D eigenvalue weighted by atomic mass is 14.9. The summed E-state index contributed by atoms with van der Waals surface area (Å²) in [6, 6.07) is 0.856. The van der Waals surface area contributed by atoms with Crippen LogP contribution in [0.3, 0.4) is 0 Å². The molecule has 1 saturated carbocycles. The minimum atomic E-state index is 0.856. The molecule has 0 amide bonds. The van der Waals surface area contributed by atoms with Crippen LogP contribution >= 0.6 is 0 Å². The lowest BCUT2D eigenvalue weighted by Gasteiger charge is -2.33. The molecule has 82 valence electrons. The van der Waals surface area contributed by atoms with Crippen molar-refractivity contribution in [3.8, 4) is 0 Å². The Morgan fingerprint density at radius 2 is 1.79 bits per heavy atom. The smallest absolute Gasteiger partial charge is 0.00698 e. The molecule has 1 aliphatic carbocycles. The predicted octanol–water partition coefficient (Wildman–Crippen LogP) is 3.34. The van der Waals surface area contributed by atoms with Crippen molar-refractivity contribution in [1.82, 2.24) is 5.32 Å². The fraction of sp³-hybridized carbons (Fsp3) is 1.00. The van der Waals surface area contributed by atoms with Gasteiger partial charge in [0, 0.05) is 6.04 Å². The van der Waals surface area contributed by atoms with Crippen molar-refractivity contribution < 1.29 is 0 Å². The fourth-order valence-electron chi connectivity index (χ4n) is 3.23. The van der Waals surface area contributed by atoms with Gasteiger partial charge in [0.15, 0.2) is 0 Å². The summed E-state index contributed by atoms with van der Waals surface area (Å²) in [7, 11) is 0. The molecular formula is C13H25N. The van der Waals surface area contributed by atoms with Crippen molar-refractivity contribution in [2.24, 2.45) is 11.8 Å². The summed E-state index contributed by atoms with van der Waals surface area (Å²) >= 11 is 0. The molecule has 2 rings (SSSR count). The van der Waals surface area contributed by atoms with Gasteiger partial charge in [-0.15, -0.1) is 0 Å². The molecule has 2 fully saturated rings. The molecule has 0 aromatic heterocycles. The third kappa shape index (κ3) is 2.73. The lowest BCUT2D eigenvalue weighted by Crippen LogP contribution is -2.37. The van der Waals surface area contributed by atoms with Gasteiger partial charge in [-0.1, -0.05) is 39.0 Å². The van der Waals surface area contributed by atoms with Gasteiger partial charge in [-0.05, 0) is 37.6 Å². The Balaban J connectivity index is 1.76. The fourth-order valence-corrected chi connectivity index (χ4v) is 3.23. The van der Waals surface area contributed by atoms with Gasteiger partial charge >= 0.3 is 0 Å². The zero-order valence-corrected chi connectivity index (χ0v) is 9.60. The van der Waals surface area contributed by atoms with E-state index in [1.165, 1.54) is 57.9 Å². The largest absolute Gasteiger partial charge is 0.314 e. The van der Waals surface area contributed by atoms with Crippen molar-refractivity contribution in [1.29, 1.82) is 0 Å². The van der Waals surface area contributed by atoms with Crippen molar-refractivity contribution in [3.63, 3.8) is 0 Å². The first-order chi connectivity index (χ1) is 6.86. The molecule has 0 radical (unpaired) electrons. The Kier molecular flexibility index (Phi) is 3.86. The number of nitrogens with one attached hydrogen (secondary N) is 1. The Bertz CT molecular complexity index is 161. The lowest BCUT2D eigenvalue weighted by molar-refractivity contribution is 0.207. The number of piperidine rings is 1. The van der Waals surface area contributed by atoms with Gasteiger partial charge in [0.1, 0.15) is 0 Å². The molecule has 1 nitrogen and oxygen atoms in total. The number of hydrogen-bond acceptors (Lipinski definition) is 1. The zero-order valence-electron chi connectivity index (χ0n) is 9.60. The predicted molar refractivity (Wildman–Crippen MR) is 61.4 cm³/mol. The third-order valence-corrected chi connectivity index (χ3v) is 4.29. The van der Waals surface area contributed by atoms with Crippen LogP contribution in [0.25, 0.3) is 0 Å². The number of hydrogen-bond donors (Lipinski definition) is 1. The van der Waals surface area contributed by atoms with Gasteiger partial charge in [0.2, 0.25) is 0 Å². The lowest BCUT2D eigenvalue weighted by atomic mass is 9.76. The van der Waals surface area contributed by atoms with Crippen LogP contribution in [0.1, 0.15) is 58.3 Å². The Morgan fingerprint density at radius 1 is 1.00 bits per heavy atom. The van der Waals surface area contributed by atoms with Crippen LogP contribution in [-0.2, 0) is 0 Å². The summed E-state index contributed by atoms with van der Waals surface area (Å²) in [5.74, 6) is 2.02. The van der Waals surface area contributed by atoms with E-state index in [2.05, 4.69) is 12.2 Å². The highest BCUT2D eigenvalue weighted by Gasteiger charge is 2.24. The SMILES string of the molecule is CC1CCCCC1CC1CCCCN1. The first kappa shape index (κ1) is 10.5. The summed E-state index contributed by atoms with van der Waals surface area (Å²) in [5, 5.41) is 3.69. The molecule has 3 atom stereocenters. The average molecular weight is 195 g/mol. The molecule has 1 N–H and O–H groups in total. The summed E-state index contributed by atoms with van der Waals surface area (Å²) in [5.41, 5.74) is 0. The minimum absolute atomic E-state index is 0.856. The van der Waals surface area contributed by atoms with E-state index in [1.54, 1.807) is 0 Å². The second kappa shape index (κ2) is 5.16. The second-order valence-electron chi connectivity index (χ2n) is 5.40. The van der Waals surface area contributed by atoms with Crippen molar-refractivity contribution >= 4 is 0 Å². The maximum absolute atomic E-state index is 3.69. The van der Waals surface area contributed by atoms with Crippen LogP contribution in [0.2, 0.25) is 0 Å². The van der Waals surface area contributed by atoms with Crippen LogP contribution in [-0.4, -0.2) is 12.6 Å². The second-order valence-corrected chi connectivity index (χ2v) is 5.40. The highest BCUT2D eigenvalue weighted by molar-refractivity contribution is 4.80. The van der Waals surface area contributed by atoms with Crippen molar-refractivity contribution in [2.75, 3.05) is 6.54 Å². The third-order valence-electron chi connectivity index (χ3n) is 4.29. The van der Waals surface area contributed by atoms with Gasteiger partial charge in [-0.3, -0.25) is 0 Å². The van der Waals surface area contributed by atoms with Gasteiger partial charge in [-0.25, -0.2) is 0 Å². The van der Waals surface area contributed by atoms with E-state index in [-0.39, 0.29) is 0 Å². The molecular weight excluding hydrogens is 170 g/mol. The first-order valence-electron chi connectivity index (χ1n) is 6.59. The molecule has 14 heavy (non-hydrogen) atoms. The molecule has 1 heterocycles. The molecule has 1 aliphatic heterocycles. The summed E-state index contributed by atoms with van der Waals surface area (Å²) in [4.78, 5) is 0. The number of rotatable bonds is 2. The first-order valence-corrected chi connectivity index (χ1v) is 6.59. The molecule has 2 aliphatic rings. The zero-order chi connectivity index (χ0) is 9.80. The van der Waals surface area contributed by atoms with Crippen LogP contribution in [0, 0.1) is 11.8 Å². The maximum Gasteiger partial charge on any atom is 0.00698 e. The van der Waals surface area contributed by atoms with Gasteiger partial charge in [0.05, 0.1) is 0 Å². The van der Waals surface area contributed by atoms with Crippen molar-refractivity contribution in [2.45, 2.75) is 64.3 Å². The van der Waals surface area contributed by atoms with E-state index in [0.29, 0.717) is 0 Å². The Hall–Kier alpha value is -0.0400. The van der Waals surface area contributed by atoms with Crippen LogP contribution < -0.4 is 5.32 Å². The standard InChI is InChI=1S/C13H25N/c1-11-6-2-3-7-12(11)10-13-8-4-5-9-14-13/h11-14H,2-10H2,1H3. The summed E-state index contributed by atoms with van der Waals surface area (Å²) in [6.45, 7) is 3.73. The van der Waals surface area contributed by atoms with Crippen molar-refractivity contribution in [3.05, 3.63) is 0 Å². The summed E-state index contributed by atoms with van der Waals surface area (Å²) in [6.07, 6.45) is 11.7. The normalized spacial score (nSPS) is 39.6.